The number of hydrogen-bond acceptors (Lipinski definition) is 3. The highest BCUT2D eigenvalue weighted by Crippen LogP contribution is 2.32. The lowest BCUT2D eigenvalue weighted by molar-refractivity contribution is 0.0925. The minimum atomic E-state index is 0.531. The van der Waals surface area contributed by atoms with Gasteiger partial charge < -0.3 is 10.5 Å². The van der Waals surface area contributed by atoms with Crippen molar-refractivity contribution in [3.05, 3.63) is 0 Å². The van der Waals surface area contributed by atoms with Crippen molar-refractivity contribution in [2.75, 3.05) is 26.3 Å². The molecule has 0 radical (unpaired) electrons. The van der Waals surface area contributed by atoms with Crippen molar-refractivity contribution >= 4 is 0 Å². The number of rotatable bonds is 6. The van der Waals surface area contributed by atoms with Gasteiger partial charge in [0.2, 0.25) is 0 Å². The van der Waals surface area contributed by atoms with E-state index < -0.39 is 0 Å². The zero-order valence-corrected chi connectivity index (χ0v) is 10.7. The van der Waals surface area contributed by atoms with Crippen LogP contribution in [0.2, 0.25) is 0 Å². The standard InChI is InChI=1S/C13H26N2O/c1-10(2)15(8-11-3-4-11)13(7-14)12-5-6-16-9-12/h10-13H,3-9,14H2,1-2H3. The van der Waals surface area contributed by atoms with E-state index >= 15 is 0 Å². The molecule has 3 heteroatoms. The van der Waals surface area contributed by atoms with Gasteiger partial charge in [-0.15, -0.1) is 0 Å². The summed E-state index contributed by atoms with van der Waals surface area (Å²) in [4.78, 5) is 2.62. The van der Waals surface area contributed by atoms with Gasteiger partial charge in [0.1, 0.15) is 0 Å². The topological polar surface area (TPSA) is 38.5 Å². The fourth-order valence-corrected chi connectivity index (χ4v) is 2.78. The molecule has 1 aliphatic carbocycles. The van der Waals surface area contributed by atoms with E-state index in [1.54, 1.807) is 0 Å². The van der Waals surface area contributed by atoms with Gasteiger partial charge in [0.15, 0.2) is 0 Å². The first-order chi connectivity index (χ1) is 7.72. The molecule has 0 amide bonds. The molecule has 0 spiro atoms. The Balaban J connectivity index is 1.95. The molecule has 2 N–H and O–H groups in total. The number of hydrogen-bond donors (Lipinski definition) is 1. The fraction of sp³-hybridized carbons (Fsp3) is 1.00. The fourth-order valence-electron chi connectivity index (χ4n) is 2.78. The van der Waals surface area contributed by atoms with Crippen LogP contribution in [0.1, 0.15) is 33.1 Å². The van der Waals surface area contributed by atoms with E-state index in [9.17, 15) is 0 Å². The maximum absolute atomic E-state index is 5.99. The first-order valence-corrected chi connectivity index (χ1v) is 6.76. The van der Waals surface area contributed by atoms with Crippen molar-refractivity contribution < 1.29 is 4.74 Å². The third kappa shape index (κ3) is 2.96. The van der Waals surface area contributed by atoms with Crippen LogP contribution in [0, 0.1) is 11.8 Å². The second kappa shape index (κ2) is 5.48. The Morgan fingerprint density at radius 1 is 1.31 bits per heavy atom. The SMILES string of the molecule is CC(C)N(CC1CC1)C(CN)C1CCOC1. The van der Waals surface area contributed by atoms with Gasteiger partial charge in [-0.2, -0.15) is 0 Å². The van der Waals surface area contributed by atoms with Gasteiger partial charge in [0, 0.05) is 37.7 Å². The number of ether oxygens (including phenoxy) is 1. The summed E-state index contributed by atoms with van der Waals surface area (Å²) in [7, 11) is 0. The number of nitrogens with zero attached hydrogens (tertiary/aromatic N) is 1. The molecule has 1 heterocycles. The van der Waals surface area contributed by atoms with E-state index in [4.69, 9.17) is 10.5 Å². The lowest BCUT2D eigenvalue weighted by atomic mass is 9.96. The van der Waals surface area contributed by atoms with Crippen molar-refractivity contribution in [3.63, 3.8) is 0 Å². The second-order valence-electron chi connectivity index (χ2n) is 5.66. The minimum absolute atomic E-state index is 0.531. The molecular weight excluding hydrogens is 200 g/mol. The van der Waals surface area contributed by atoms with Gasteiger partial charge in [0.05, 0.1) is 6.61 Å². The highest BCUT2D eigenvalue weighted by atomic mass is 16.5. The van der Waals surface area contributed by atoms with Crippen LogP contribution < -0.4 is 5.73 Å². The van der Waals surface area contributed by atoms with Crippen LogP contribution in [0.3, 0.4) is 0 Å². The van der Waals surface area contributed by atoms with Crippen LogP contribution >= 0.6 is 0 Å². The quantitative estimate of drug-likeness (QED) is 0.745. The number of nitrogens with two attached hydrogens (primary N) is 1. The zero-order valence-electron chi connectivity index (χ0n) is 10.7. The first-order valence-electron chi connectivity index (χ1n) is 6.76. The lowest BCUT2D eigenvalue weighted by Gasteiger charge is -2.37. The molecule has 0 bridgehead atoms. The normalized spacial score (nSPS) is 27.9. The average Bonchev–Trinajstić information content (AvgIpc) is 2.91. The largest absolute Gasteiger partial charge is 0.381 e. The molecule has 94 valence electrons. The van der Waals surface area contributed by atoms with Crippen molar-refractivity contribution in [1.82, 2.24) is 4.90 Å². The molecule has 3 nitrogen and oxygen atoms in total. The third-order valence-electron chi connectivity index (χ3n) is 4.01. The summed E-state index contributed by atoms with van der Waals surface area (Å²) >= 11 is 0. The van der Waals surface area contributed by atoms with Gasteiger partial charge in [-0.3, -0.25) is 4.90 Å². The predicted molar refractivity (Wildman–Crippen MR) is 66.3 cm³/mol. The Morgan fingerprint density at radius 2 is 2.06 bits per heavy atom. The average molecular weight is 226 g/mol. The van der Waals surface area contributed by atoms with Gasteiger partial charge in [-0.1, -0.05) is 0 Å². The molecule has 0 aromatic rings. The van der Waals surface area contributed by atoms with Crippen LogP contribution in [-0.2, 0) is 4.74 Å². The van der Waals surface area contributed by atoms with Crippen molar-refractivity contribution in [3.8, 4) is 0 Å². The Bertz CT molecular complexity index is 210. The molecule has 1 aliphatic heterocycles. The molecule has 0 aromatic heterocycles. The first kappa shape index (κ1) is 12.3. The zero-order chi connectivity index (χ0) is 11.5. The molecule has 0 aromatic carbocycles. The smallest absolute Gasteiger partial charge is 0.0510 e. The molecule has 2 fully saturated rings. The highest BCUT2D eigenvalue weighted by molar-refractivity contribution is 4.88. The lowest BCUT2D eigenvalue weighted by Crippen LogP contribution is -2.50. The van der Waals surface area contributed by atoms with Crippen LogP contribution in [0.4, 0.5) is 0 Å². The molecule has 2 atom stereocenters. The summed E-state index contributed by atoms with van der Waals surface area (Å²) in [5.74, 6) is 1.60. The Hall–Kier alpha value is -0.120. The van der Waals surface area contributed by atoms with Gasteiger partial charge in [-0.25, -0.2) is 0 Å². The molecule has 2 unspecified atom stereocenters. The second-order valence-corrected chi connectivity index (χ2v) is 5.66. The van der Waals surface area contributed by atoms with Crippen LogP contribution in [0.25, 0.3) is 0 Å². The summed E-state index contributed by atoms with van der Waals surface area (Å²) in [6.07, 6.45) is 4.03. The summed E-state index contributed by atoms with van der Waals surface area (Å²) in [6, 6.07) is 1.14. The maximum atomic E-state index is 5.99. The van der Waals surface area contributed by atoms with Crippen LogP contribution in [-0.4, -0.2) is 43.3 Å². The minimum Gasteiger partial charge on any atom is -0.381 e. The molecule has 2 aliphatic rings. The molecular formula is C13H26N2O. The van der Waals surface area contributed by atoms with Crippen molar-refractivity contribution in [1.29, 1.82) is 0 Å². The van der Waals surface area contributed by atoms with E-state index in [1.165, 1.54) is 25.8 Å². The predicted octanol–water partition coefficient (Wildman–Crippen LogP) is 1.47. The highest BCUT2D eigenvalue weighted by Gasteiger charge is 2.34. The Kier molecular flexibility index (Phi) is 4.22. The van der Waals surface area contributed by atoms with E-state index in [2.05, 4.69) is 18.7 Å². The van der Waals surface area contributed by atoms with Crippen molar-refractivity contribution in [2.45, 2.75) is 45.2 Å². The summed E-state index contributed by atoms with van der Waals surface area (Å²) in [5, 5.41) is 0. The van der Waals surface area contributed by atoms with Crippen molar-refractivity contribution in [2.24, 2.45) is 17.6 Å². The summed E-state index contributed by atoms with van der Waals surface area (Å²) in [6.45, 7) is 8.45. The van der Waals surface area contributed by atoms with Gasteiger partial charge in [0.25, 0.3) is 0 Å². The van der Waals surface area contributed by atoms with Crippen LogP contribution in [0.15, 0.2) is 0 Å². The van der Waals surface area contributed by atoms with E-state index in [0.717, 1.165) is 25.7 Å². The molecule has 1 saturated carbocycles. The summed E-state index contributed by atoms with van der Waals surface area (Å²) in [5.41, 5.74) is 5.99. The third-order valence-corrected chi connectivity index (χ3v) is 4.01. The van der Waals surface area contributed by atoms with Gasteiger partial charge in [-0.05, 0) is 39.0 Å². The Labute approximate surface area is 99.3 Å². The Morgan fingerprint density at radius 3 is 2.50 bits per heavy atom. The molecule has 2 rings (SSSR count). The molecule has 16 heavy (non-hydrogen) atoms. The van der Waals surface area contributed by atoms with Crippen LogP contribution in [0.5, 0.6) is 0 Å². The monoisotopic (exact) mass is 226 g/mol. The van der Waals surface area contributed by atoms with E-state index in [-0.39, 0.29) is 0 Å². The summed E-state index contributed by atoms with van der Waals surface area (Å²) < 4.78 is 5.51. The van der Waals surface area contributed by atoms with Gasteiger partial charge >= 0.3 is 0 Å². The maximum Gasteiger partial charge on any atom is 0.0510 e. The van der Waals surface area contributed by atoms with E-state index in [0.29, 0.717) is 18.0 Å². The molecule has 1 saturated heterocycles. The van der Waals surface area contributed by atoms with E-state index in [1.807, 2.05) is 0 Å².